The van der Waals surface area contributed by atoms with Crippen molar-refractivity contribution in [3.8, 4) is 23.0 Å². The van der Waals surface area contributed by atoms with Gasteiger partial charge in [-0.25, -0.2) is 9.97 Å². The van der Waals surface area contributed by atoms with Crippen molar-refractivity contribution in [2.24, 2.45) is 0 Å². The zero-order valence-corrected chi connectivity index (χ0v) is 15.8. The van der Waals surface area contributed by atoms with Crippen molar-refractivity contribution in [3.05, 3.63) is 54.4 Å². The fraction of sp³-hybridized carbons (Fsp3) is 0.150. The summed E-state index contributed by atoms with van der Waals surface area (Å²) in [5.41, 5.74) is 1.53. The van der Waals surface area contributed by atoms with Gasteiger partial charge in [0, 0.05) is 30.2 Å². The van der Waals surface area contributed by atoms with Crippen LogP contribution in [0.5, 0.6) is 23.0 Å². The summed E-state index contributed by atoms with van der Waals surface area (Å²) in [6.07, 6.45) is 2.87. The molecule has 0 spiro atoms. The highest BCUT2D eigenvalue weighted by molar-refractivity contribution is 6.04. The lowest BCUT2D eigenvalue weighted by molar-refractivity contribution is 0.102. The molecule has 2 heterocycles. The molecule has 0 unspecified atom stereocenters. The predicted octanol–water partition coefficient (Wildman–Crippen LogP) is 3.22. The van der Waals surface area contributed by atoms with E-state index < -0.39 is 0 Å². The molecule has 1 amide bonds. The summed E-state index contributed by atoms with van der Waals surface area (Å²) in [6, 6.07) is 10.5. The molecule has 0 radical (unpaired) electrons. The van der Waals surface area contributed by atoms with Gasteiger partial charge in [-0.2, -0.15) is 0 Å². The van der Waals surface area contributed by atoms with E-state index >= 15 is 0 Å². The molecule has 2 aromatic carbocycles. The first kappa shape index (κ1) is 18.4. The van der Waals surface area contributed by atoms with E-state index in [2.05, 4.69) is 20.6 Å². The van der Waals surface area contributed by atoms with Crippen LogP contribution in [0.3, 0.4) is 0 Å². The highest BCUT2D eigenvalue weighted by Crippen LogP contribution is 2.34. The number of nitrogens with zero attached hydrogens (tertiary/aromatic N) is 2. The van der Waals surface area contributed by atoms with Gasteiger partial charge in [0.1, 0.15) is 11.5 Å². The van der Waals surface area contributed by atoms with Gasteiger partial charge in [-0.1, -0.05) is 0 Å². The Morgan fingerprint density at radius 3 is 2.55 bits per heavy atom. The van der Waals surface area contributed by atoms with Crippen LogP contribution < -0.4 is 29.6 Å². The number of fused-ring (bicyclic) bond motifs is 1. The molecule has 29 heavy (non-hydrogen) atoms. The van der Waals surface area contributed by atoms with Crippen molar-refractivity contribution >= 4 is 23.2 Å². The lowest BCUT2D eigenvalue weighted by atomic mass is 10.2. The van der Waals surface area contributed by atoms with Gasteiger partial charge in [0.05, 0.1) is 25.5 Å². The summed E-state index contributed by atoms with van der Waals surface area (Å²) in [6.45, 7) is 0.206. The second kappa shape index (κ2) is 7.93. The summed E-state index contributed by atoms with van der Waals surface area (Å²) in [5, 5.41) is 5.83. The summed E-state index contributed by atoms with van der Waals surface area (Å²) in [5.74, 6) is 2.43. The minimum absolute atomic E-state index is 0.206. The molecule has 0 saturated heterocycles. The second-order valence-electron chi connectivity index (χ2n) is 6.01. The Hall–Kier alpha value is -4.01. The van der Waals surface area contributed by atoms with Crippen LogP contribution in [0.2, 0.25) is 0 Å². The summed E-state index contributed by atoms with van der Waals surface area (Å²) in [4.78, 5) is 20.9. The summed E-state index contributed by atoms with van der Waals surface area (Å²) < 4.78 is 21.1. The fourth-order valence-electron chi connectivity index (χ4n) is 2.72. The van der Waals surface area contributed by atoms with Crippen molar-refractivity contribution in [1.82, 2.24) is 9.97 Å². The Kier molecular flexibility index (Phi) is 5.02. The minimum atomic E-state index is -0.369. The number of anilines is 3. The number of amides is 1. The maximum absolute atomic E-state index is 12.5. The van der Waals surface area contributed by atoms with E-state index in [9.17, 15) is 4.79 Å². The molecule has 0 bridgehead atoms. The van der Waals surface area contributed by atoms with Crippen LogP contribution in [-0.2, 0) is 0 Å². The van der Waals surface area contributed by atoms with Crippen LogP contribution in [0.4, 0.5) is 17.3 Å². The molecule has 0 aliphatic carbocycles. The third-order valence-electron chi connectivity index (χ3n) is 4.20. The van der Waals surface area contributed by atoms with Crippen LogP contribution in [-0.4, -0.2) is 36.9 Å². The lowest BCUT2D eigenvalue weighted by Gasteiger charge is -2.12. The third kappa shape index (κ3) is 3.98. The van der Waals surface area contributed by atoms with Gasteiger partial charge in [-0.15, -0.1) is 0 Å². The normalized spacial score (nSPS) is 11.7. The van der Waals surface area contributed by atoms with Crippen molar-refractivity contribution in [3.63, 3.8) is 0 Å². The number of rotatable bonds is 6. The Morgan fingerprint density at radius 2 is 1.79 bits per heavy atom. The monoisotopic (exact) mass is 394 g/mol. The first-order chi connectivity index (χ1) is 14.2. The van der Waals surface area contributed by atoms with Crippen LogP contribution >= 0.6 is 0 Å². The maximum atomic E-state index is 12.5. The van der Waals surface area contributed by atoms with Gasteiger partial charge in [-0.05, 0) is 24.3 Å². The van der Waals surface area contributed by atoms with Crippen LogP contribution in [0, 0.1) is 0 Å². The van der Waals surface area contributed by atoms with Crippen LogP contribution in [0.1, 0.15) is 10.4 Å². The SMILES string of the molecule is COc1ccc(OC)c(NC(=O)c2cnc(Nc3ccc4c(c3)OCO4)nc2)c1. The zero-order valence-electron chi connectivity index (χ0n) is 15.8. The van der Waals surface area contributed by atoms with Gasteiger partial charge in [0.25, 0.3) is 5.91 Å². The number of methoxy groups -OCH3 is 2. The largest absolute Gasteiger partial charge is 0.497 e. The zero-order chi connectivity index (χ0) is 20.2. The van der Waals surface area contributed by atoms with Gasteiger partial charge in [0.15, 0.2) is 11.5 Å². The van der Waals surface area contributed by atoms with E-state index in [-0.39, 0.29) is 12.7 Å². The minimum Gasteiger partial charge on any atom is -0.497 e. The molecule has 1 aromatic heterocycles. The molecular weight excluding hydrogens is 376 g/mol. The van der Waals surface area contributed by atoms with Crippen molar-refractivity contribution in [2.45, 2.75) is 0 Å². The fourth-order valence-corrected chi connectivity index (χ4v) is 2.72. The van der Waals surface area contributed by atoms with Gasteiger partial charge in [0.2, 0.25) is 12.7 Å². The van der Waals surface area contributed by atoms with E-state index in [4.69, 9.17) is 18.9 Å². The standard InChI is InChI=1S/C20H18N4O5/c1-26-14-4-6-16(27-2)15(8-14)24-19(25)12-9-21-20(22-10-12)23-13-3-5-17-18(7-13)29-11-28-17/h3-10H,11H2,1-2H3,(H,24,25)(H,21,22,23). The van der Waals surface area contributed by atoms with E-state index in [0.29, 0.717) is 40.2 Å². The molecule has 1 aliphatic heterocycles. The van der Waals surface area contributed by atoms with Gasteiger partial charge in [-0.3, -0.25) is 4.79 Å². The molecule has 0 atom stereocenters. The Morgan fingerprint density at radius 1 is 1.00 bits per heavy atom. The first-order valence-corrected chi connectivity index (χ1v) is 8.68. The second-order valence-corrected chi connectivity index (χ2v) is 6.01. The van der Waals surface area contributed by atoms with Crippen molar-refractivity contribution in [1.29, 1.82) is 0 Å². The molecular formula is C20H18N4O5. The molecule has 9 nitrogen and oxygen atoms in total. The predicted molar refractivity (Wildman–Crippen MR) is 105 cm³/mol. The molecule has 2 N–H and O–H groups in total. The lowest BCUT2D eigenvalue weighted by Crippen LogP contribution is -2.14. The smallest absolute Gasteiger partial charge is 0.258 e. The molecule has 9 heteroatoms. The quantitative estimate of drug-likeness (QED) is 0.657. The number of hydrogen-bond donors (Lipinski definition) is 2. The Labute approximate surface area is 166 Å². The highest BCUT2D eigenvalue weighted by Gasteiger charge is 2.15. The average Bonchev–Trinajstić information content (AvgIpc) is 3.22. The first-order valence-electron chi connectivity index (χ1n) is 8.68. The number of aromatic nitrogens is 2. The number of ether oxygens (including phenoxy) is 4. The Bertz CT molecular complexity index is 1040. The topological polar surface area (TPSA) is 104 Å². The molecule has 4 rings (SSSR count). The van der Waals surface area contributed by atoms with Crippen molar-refractivity contribution < 1.29 is 23.7 Å². The maximum Gasteiger partial charge on any atom is 0.258 e. The summed E-state index contributed by atoms with van der Waals surface area (Å²) in [7, 11) is 3.07. The van der Waals surface area contributed by atoms with E-state index in [1.54, 1.807) is 37.4 Å². The molecule has 1 aliphatic rings. The third-order valence-corrected chi connectivity index (χ3v) is 4.20. The molecule has 0 fully saturated rings. The number of carbonyl (C=O) groups is 1. The molecule has 3 aromatic rings. The molecule has 148 valence electrons. The van der Waals surface area contributed by atoms with Crippen molar-refractivity contribution in [2.75, 3.05) is 31.6 Å². The van der Waals surface area contributed by atoms with Crippen LogP contribution in [0.15, 0.2) is 48.8 Å². The summed E-state index contributed by atoms with van der Waals surface area (Å²) >= 11 is 0. The Balaban J connectivity index is 1.46. The number of hydrogen-bond acceptors (Lipinski definition) is 8. The number of carbonyl (C=O) groups excluding carboxylic acids is 1. The van der Waals surface area contributed by atoms with E-state index in [1.807, 2.05) is 6.07 Å². The van der Waals surface area contributed by atoms with Crippen LogP contribution in [0.25, 0.3) is 0 Å². The number of benzene rings is 2. The van der Waals surface area contributed by atoms with Gasteiger partial charge < -0.3 is 29.6 Å². The van der Waals surface area contributed by atoms with E-state index in [0.717, 1.165) is 5.69 Å². The van der Waals surface area contributed by atoms with E-state index in [1.165, 1.54) is 19.5 Å². The molecule has 0 saturated carbocycles. The average molecular weight is 394 g/mol. The number of nitrogens with one attached hydrogen (secondary N) is 2. The highest BCUT2D eigenvalue weighted by atomic mass is 16.7. The van der Waals surface area contributed by atoms with Gasteiger partial charge >= 0.3 is 0 Å².